The van der Waals surface area contributed by atoms with Crippen LogP contribution in [0.4, 0.5) is 10.1 Å². The Hall–Kier alpha value is -2.02. The van der Waals surface area contributed by atoms with Crippen LogP contribution in [0.5, 0.6) is 0 Å². The molecule has 0 saturated carbocycles. The monoisotopic (exact) mass is 256 g/mol. The van der Waals surface area contributed by atoms with Crippen LogP contribution in [-0.4, -0.2) is 17.5 Å². The van der Waals surface area contributed by atoms with Gasteiger partial charge in [0, 0.05) is 23.7 Å². The van der Waals surface area contributed by atoms with Crippen molar-refractivity contribution in [3.05, 3.63) is 39.7 Å². The fraction of sp³-hybridized carbons (Fsp3) is 0.364. The van der Waals surface area contributed by atoms with Crippen molar-refractivity contribution >= 4 is 11.7 Å². The van der Waals surface area contributed by atoms with Gasteiger partial charge in [0.2, 0.25) is 0 Å². The van der Waals surface area contributed by atoms with Crippen LogP contribution in [0, 0.1) is 15.9 Å². The molecule has 0 saturated heterocycles. The van der Waals surface area contributed by atoms with Gasteiger partial charge in [0.15, 0.2) is 0 Å². The second-order valence-corrected chi connectivity index (χ2v) is 3.58. The van der Waals surface area contributed by atoms with E-state index in [2.05, 4.69) is 4.74 Å². The Kier molecular flexibility index (Phi) is 4.73. The molecular formula is C11H13FN2O4. The van der Waals surface area contributed by atoms with Crippen molar-refractivity contribution in [1.82, 2.24) is 0 Å². The third kappa shape index (κ3) is 3.49. The molecule has 6 nitrogen and oxygen atoms in total. The normalized spacial score (nSPS) is 11.9. The minimum atomic E-state index is -0.969. The van der Waals surface area contributed by atoms with Crippen molar-refractivity contribution in [3.8, 4) is 0 Å². The molecule has 0 aromatic heterocycles. The predicted molar refractivity (Wildman–Crippen MR) is 61.2 cm³/mol. The number of hydrogen-bond acceptors (Lipinski definition) is 5. The van der Waals surface area contributed by atoms with Gasteiger partial charge in [0.05, 0.1) is 18.0 Å². The first-order valence-electron chi connectivity index (χ1n) is 5.30. The van der Waals surface area contributed by atoms with Crippen LogP contribution in [0.2, 0.25) is 0 Å². The first kappa shape index (κ1) is 14.0. The average molecular weight is 256 g/mol. The topological polar surface area (TPSA) is 95.5 Å². The lowest BCUT2D eigenvalue weighted by Gasteiger charge is -2.11. The summed E-state index contributed by atoms with van der Waals surface area (Å²) in [5.74, 6) is -1.26. The molecule has 98 valence electrons. The SMILES string of the molecule is CCOC(=O)CC(N)c1cc([N+](=O)[O-])ccc1F. The summed E-state index contributed by atoms with van der Waals surface area (Å²) in [6.45, 7) is 1.83. The molecule has 18 heavy (non-hydrogen) atoms. The molecule has 0 aliphatic rings. The Bertz CT molecular complexity index is 464. The number of hydrogen-bond donors (Lipinski definition) is 1. The third-order valence-corrected chi connectivity index (χ3v) is 2.28. The molecule has 7 heteroatoms. The fourth-order valence-corrected chi connectivity index (χ4v) is 1.44. The summed E-state index contributed by atoms with van der Waals surface area (Å²) in [6, 6.07) is 2.05. The fourth-order valence-electron chi connectivity index (χ4n) is 1.44. The van der Waals surface area contributed by atoms with Crippen molar-refractivity contribution in [2.75, 3.05) is 6.61 Å². The number of nitrogens with zero attached hydrogens (tertiary/aromatic N) is 1. The smallest absolute Gasteiger partial charge is 0.307 e. The summed E-state index contributed by atoms with van der Waals surface area (Å²) in [5.41, 5.74) is 5.29. The van der Waals surface area contributed by atoms with E-state index in [-0.39, 0.29) is 24.3 Å². The highest BCUT2D eigenvalue weighted by Crippen LogP contribution is 2.23. The van der Waals surface area contributed by atoms with Crippen molar-refractivity contribution in [1.29, 1.82) is 0 Å². The van der Waals surface area contributed by atoms with E-state index in [1.807, 2.05) is 0 Å². The number of halogens is 1. The van der Waals surface area contributed by atoms with Gasteiger partial charge in [-0.2, -0.15) is 0 Å². The van der Waals surface area contributed by atoms with Gasteiger partial charge >= 0.3 is 5.97 Å². The lowest BCUT2D eigenvalue weighted by molar-refractivity contribution is -0.385. The summed E-state index contributed by atoms with van der Waals surface area (Å²) < 4.78 is 18.1. The average Bonchev–Trinajstić information content (AvgIpc) is 2.29. The zero-order chi connectivity index (χ0) is 13.7. The minimum Gasteiger partial charge on any atom is -0.466 e. The highest BCUT2D eigenvalue weighted by atomic mass is 19.1. The molecule has 2 N–H and O–H groups in total. The summed E-state index contributed by atoms with van der Waals surface area (Å²) in [7, 11) is 0. The molecule has 0 aliphatic carbocycles. The molecule has 1 aromatic carbocycles. The number of carbonyl (C=O) groups excluding carboxylic acids is 1. The number of non-ortho nitro benzene ring substituents is 1. The van der Waals surface area contributed by atoms with Crippen LogP contribution < -0.4 is 5.73 Å². The van der Waals surface area contributed by atoms with Crippen LogP contribution in [0.1, 0.15) is 24.9 Å². The number of ether oxygens (including phenoxy) is 1. The highest BCUT2D eigenvalue weighted by Gasteiger charge is 2.19. The molecular weight excluding hydrogens is 243 g/mol. The number of nitrogens with two attached hydrogens (primary N) is 1. The van der Waals surface area contributed by atoms with E-state index in [4.69, 9.17) is 5.73 Å². The Balaban J connectivity index is 2.90. The standard InChI is InChI=1S/C11H13FN2O4/c1-2-18-11(15)6-10(13)8-5-7(14(16)17)3-4-9(8)12/h3-5,10H,2,6,13H2,1H3. The van der Waals surface area contributed by atoms with Gasteiger partial charge in [-0.15, -0.1) is 0 Å². The van der Waals surface area contributed by atoms with Gasteiger partial charge in [-0.1, -0.05) is 0 Å². The van der Waals surface area contributed by atoms with Crippen LogP contribution >= 0.6 is 0 Å². The van der Waals surface area contributed by atoms with Crippen molar-refractivity contribution < 1.29 is 18.8 Å². The van der Waals surface area contributed by atoms with Crippen LogP contribution in [0.25, 0.3) is 0 Å². The van der Waals surface area contributed by atoms with E-state index in [1.54, 1.807) is 6.92 Å². The number of rotatable bonds is 5. The van der Waals surface area contributed by atoms with Crippen LogP contribution in [0.15, 0.2) is 18.2 Å². The first-order valence-corrected chi connectivity index (χ1v) is 5.30. The zero-order valence-corrected chi connectivity index (χ0v) is 9.76. The Morgan fingerprint density at radius 2 is 2.28 bits per heavy atom. The van der Waals surface area contributed by atoms with Gasteiger partial charge in [0.25, 0.3) is 5.69 Å². The second-order valence-electron chi connectivity index (χ2n) is 3.58. The summed E-state index contributed by atoms with van der Waals surface area (Å²) in [6.07, 6.45) is -0.230. The molecule has 0 radical (unpaired) electrons. The lowest BCUT2D eigenvalue weighted by Crippen LogP contribution is -2.18. The van der Waals surface area contributed by atoms with E-state index in [9.17, 15) is 19.3 Å². The molecule has 0 spiro atoms. The Morgan fingerprint density at radius 1 is 1.61 bits per heavy atom. The largest absolute Gasteiger partial charge is 0.466 e. The van der Waals surface area contributed by atoms with E-state index in [0.717, 1.165) is 18.2 Å². The quantitative estimate of drug-likeness (QED) is 0.491. The maximum Gasteiger partial charge on any atom is 0.307 e. The van der Waals surface area contributed by atoms with Gasteiger partial charge in [-0.25, -0.2) is 4.39 Å². The minimum absolute atomic E-state index is 0.0720. The van der Waals surface area contributed by atoms with E-state index in [0.29, 0.717) is 0 Å². The van der Waals surface area contributed by atoms with E-state index < -0.39 is 22.8 Å². The summed E-state index contributed by atoms with van der Waals surface area (Å²) in [5, 5.41) is 10.6. The van der Waals surface area contributed by atoms with E-state index in [1.165, 1.54) is 0 Å². The number of esters is 1. The number of nitro benzene ring substituents is 1. The van der Waals surface area contributed by atoms with Crippen molar-refractivity contribution in [3.63, 3.8) is 0 Å². The van der Waals surface area contributed by atoms with Gasteiger partial charge in [0.1, 0.15) is 5.82 Å². The second kappa shape index (κ2) is 6.06. The van der Waals surface area contributed by atoms with E-state index >= 15 is 0 Å². The predicted octanol–water partition coefficient (Wildman–Crippen LogP) is 1.69. The first-order chi connectivity index (χ1) is 8.45. The lowest BCUT2D eigenvalue weighted by atomic mass is 10.0. The van der Waals surface area contributed by atoms with Gasteiger partial charge < -0.3 is 10.5 Å². The number of carbonyl (C=O) groups is 1. The highest BCUT2D eigenvalue weighted by molar-refractivity contribution is 5.70. The van der Waals surface area contributed by atoms with Gasteiger partial charge in [-0.3, -0.25) is 14.9 Å². The van der Waals surface area contributed by atoms with Gasteiger partial charge in [-0.05, 0) is 13.0 Å². The molecule has 0 fully saturated rings. The van der Waals surface area contributed by atoms with Crippen molar-refractivity contribution in [2.45, 2.75) is 19.4 Å². The molecule has 1 atom stereocenters. The van der Waals surface area contributed by atoms with Crippen LogP contribution in [0.3, 0.4) is 0 Å². The molecule has 0 amide bonds. The molecule has 1 unspecified atom stereocenters. The number of nitro groups is 1. The molecule has 0 aliphatic heterocycles. The molecule has 1 rings (SSSR count). The zero-order valence-electron chi connectivity index (χ0n) is 9.76. The third-order valence-electron chi connectivity index (χ3n) is 2.28. The Labute approximate surface area is 103 Å². The maximum atomic E-state index is 13.5. The molecule has 0 bridgehead atoms. The summed E-state index contributed by atoms with van der Waals surface area (Å²) >= 11 is 0. The molecule has 1 aromatic rings. The molecule has 0 heterocycles. The summed E-state index contributed by atoms with van der Waals surface area (Å²) in [4.78, 5) is 21.1. The Morgan fingerprint density at radius 3 is 2.83 bits per heavy atom. The van der Waals surface area contributed by atoms with Crippen LogP contribution in [-0.2, 0) is 9.53 Å². The van der Waals surface area contributed by atoms with Crippen molar-refractivity contribution in [2.24, 2.45) is 5.73 Å². The number of benzene rings is 1. The maximum absolute atomic E-state index is 13.5.